The highest BCUT2D eigenvalue weighted by Gasteiger charge is 2.12. The molecule has 3 aromatic rings. The third kappa shape index (κ3) is 5.89. The maximum atomic E-state index is 10.8. The van der Waals surface area contributed by atoms with E-state index in [1.165, 1.54) is 0 Å². The summed E-state index contributed by atoms with van der Waals surface area (Å²) >= 11 is 18.4. The van der Waals surface area contributed by atoms with Gasteiger partial charge in [-0.1, -0.05) is 40.9 Å². The van der Waals surface area contributed by atoms with E-state index in [1.54, 1.807) is 18.2 Å². The highest BCUT2D eigenvalue weighted by Crippen LogP contribution is 2.27. The number of halogens is 3. The van der Waals surface area contributed by atoms with Crippen LogP contribution in [-0.4, -0.2) is 20.9 Å². The molecule has 152 valence electrons. The molecule has 0 aliphatic carbocycles. The highest BCUT2D eigenvalue weighted by molar-refractivity contribution is 6.35. The fraction of sp³-hybridized carbons (Fsp3) is 0.238. The molecule has 0 spiro atoms. The topological polar surface area (TPSA) is 64.3 Å². The van der Waals surface area contributed by atoms with Crippen molar-refractivity contribution in [2.75, 3.05) is 0 Å². The van der Waals surface area contributed by atoms with E-state index in [4.69, 9.17) is 44.6 Å². The molecule has 29 heavy (non-hydrogen) atoms. The largest absolute Gasteiger partial charge is 0.488 e. The number of hydrogen-bond acceptors (Lipinski definition) is 3. The van der Waals surface area contributed by atoms with Crippen LogP contribution in [0.3, 0.4) is 0 Å². The van der Waals surface area contributed by atoms with Crippen molar-refractivity contribution in [3.8, 4) is 5.75 Å². The van der Waals surface area contributed by atoms with Gasteiger partial charge >= 0.3 is 5.97 Å². The molecule has 0 atom stereocenters. The molecule has 0 unspecified atom stereocenters. The van der Waals surface area contributed by atoms with Gasteiger partial charge in [0.05, 0.1) is 18.7 Å². The third-order valence-corrected chi connectivity index (χ3v) is 5.19. The molecule has 2 aromatic carbocycles. The maximum absolute atomic E-state index is 10.8. The van der Waals surface area contributed by atoms with E-state index in [1.807, 2.05) is 35.9 Å². The molecule has 8 heteroatoms. The van der Waals surface area contributed by atoms with Gasteiger partial charge in [0, 0.05) is 38.3 Å². The van der Waals surface area contributed by atoms with Crippen molar-refractivity contribution in [3.05, 3.63) is 80.0 Å². The number of aromatic nitrogens is 2. The molecule has 0 radical (unpaired) electrons. The molecule has 0 fully saturated rings. The first-order valence-electron chi connectivity index (χ1n) is 8.92. The van der Waals surface area contributed by atoms with Gasteiger partial charge in [0.15, 0.2) is 0 Å². The number of carboxylic acids is 1. The van der Waals surface area contributed by atoms with Crippen molar-refractivity contribution in [3.63, 3.8) is 0 Å². The number of aryl methyl sites for hydroxylation is 2. The smallest absolute Gasteiger partial charge is 0.303 e. The molecule has 3 rings (SSSR count). The van der Waals surface area contributed by atoms with E-state index in [0.717, 1.165) is 22.5 Å². The number of nitrogens with zero attached hydrogens (tertiary/aromatic N) is 2. The average Bonchev–Trinajstić information content (AvgIpc) is 3.00. The second-order valence-corrected chi connectivity index (χ2v) is 7.88. The quantitative estimate of drug-likeness (QED) is 0.468. The van der Waals surface area contributed by atoms with Crippen LogP contribution in [-0.2, 0) is 24.4 Å². The van der Waals surface area contributed by atoms with Crippen LogP contribution in [0.2, 0.25) is 15.1 Å². The van der Waals surface area contributed by atoms with Gasteiger partial charge in [-0.25, -0.2) is 0 Å². The number of carboxylic acid groups (broad SMARTS) is 1. The van der Waals surface area contributed by atoms with E-state index >= 15 is 0 Å². The Morgan fingerprint density at radius 1 is 1.07 bits per heavy atom. The normalized spacial score (nSPS) is 10.9. The molecule has 0 saturated heterocycles. The van der Waals surface area contributed by atoms with Crippen LogP contribution in [0, 0.1) is 6.92 Å². The molecule has 1 N–H and O–H groups in total. The Morgan fingerprint density at radius 2 is 1.79 bits per heavy atom. The van der Waals surface area contributed by atoms with Gasteiger partial charge in [0.2, 0.25) is 0 Å². The van der Waals surface area contributed by atoms with E-state index < -0.39 is 5.97 Å². The van der Waals surface area contributed by atoms with Gasteiger partial charge in [0.1, 0.15) is 12.4 Å². The number of aliphatic carboxylic acids is 1. The van der Waals surface area contributed by atoms with Gasteiger partial charge in [-0.15, -0.1) is 0 Å². The molecular formula is C21H19Cl3N2O3. The fourth-order valence-corrected chi connectivity index (χ4v) is 3.52. The molecular weight excluding hydrogens is 435 g/mol. The monoisotopic (exact) mass is 452 g/mol. The zero-order valence-corrected chi connectivity index (χ0v) is 17.9. The van der Waals surface area contributed by atoms with Gasteiger partial charge in [-0.2, -0.15) is 5.10 Å². The molecule has 0 amide bonds. The lowest BCUT2D eigenvalue weighted by molar-refractivity contribution is -0.136. The first kappa shape index (κ1) is 21.5. The summed E-state index contributed by atoms with van der Waals surface area (Å²) in [7, 11) is 0. The minimum absolute atomic E-state index is 0.0455. The second kappa shape index (κ2) is 9.53. The standard InChI is InChI=1S/C21H19Cl3N2O3/c1-13-8-18(5-7-21(27)28)25-26(13)11-15-9-16(22)4-6-20(15)29-12-14-2-3-17(23)10-19(14)24/h2-4,6,8-10H,5,7,11-12H2,1H3,(H,27,28). The molecule has 0 saturated carbocycles. The van der Waals surface area contributed by atoms with Crippen LogP contribution in [0.1, 0.15) is 28.9 Å². The Balaban J connectivity index is 1.77. The molecule has 0 aliphatic heterocycles. The lowest BCUT2D eigenvalue weighted by Gasteiger charge is -2.14. The molecule has 0 bridgehead atoms. The number of carbonyl (C=O) groups is 1. The van der Waals surface area contributed by atoms with Crippen molar-refractivity contribution in [1.29, 1.82) is 0 Å². The second-order valence-electron chi connectivity index (χ2n) is 6.60. The zero-order chi connectivity index (χ0) is 21.0. The van der Waals surface area contributed by atoms with E-state index in [0.29, 0.717) is 33.8 Å². The Kier molecular flexibility index (Phi) is 7.06. The number of rotatable bonds is 8. The summed E-state index contributed by atoms with van der Waals surface area (Å²) in [5.41, 5.74) is 3.35. The minimum atomic E-state index is -0.844. The maximum Gasteiger partial charge on any atom is 0.303 e. The summed E-state index contributed by atoms with van der Waals surface area (Å²) in [4.78, 5) is 10.8. The molecule has 5 nitrogen and oxygen atoms in total. The van der Waals surface area contributed by atoms with Crippen molar-refractivity contribution >= 4 is 40.8 Å². The van der Waals surface area contributed by atoms with Crippen molar-refractivity contribution in [1.82, 2.24) is 9.78 Å². The first-order valence-corrected chi connectivity index (χ1v) is 10.1. The highest BCUT2D eigenvalue weighted by atomic mass is 35.5. The van der Waals surface area contributed by atoms with Crippen molar-refractivity contribution < 1.29 is 14.6 Å². The minimum Gasteiger partial charge on any atom is -0.488 e. The van der Waals surface area contributed by atoms with Crippen LogP contribution in [0.25, 0.3) is 0 Å². The van der Waals surface area contributed by atoms with Gasteiger partial charge in [-0.3, -0.25) is 9.48 Å². The lowest BCUT2D eigenvalue weighted by Crippen LogP contribution is -2.07. The van der Waals surface area contributed by atoms with Gasteiger partial charge in [0.25, 0.3) is 0 Å². The van der Waals surface area contributed by atoms with E-state index in [9.17, 15) is 4.79 Å². The zero-order valence-electron chi connectivity index (χ0n) is 15.7. The van der Waals surface area contributed by atoms with Crippen LogP contribution in [0.15, 0.2) is 42.5 Å². The van der Waals surface area contributed by atoms with Crippen LogP contribution < -0.4 is 4.74 Å². The van der Waals surface area contributed by atoms with Crippen molar-refractivity contribution in [2.45, 2.75) is 32.9 Å². The van der Waals surface area contributed by atoms with Gasteiger partial charge in [-0.05, 0) is 43.3 Å². The van der Waals surface area contributed by atoms with Crippen LogP contribution in [0.4, 0.5) is 0 Å². The number of hydrogen-bond donors (Lipinski definition) is 1. The summed E-state index contributed by atoms with van der Waals surface area (Å²) in [5.74, 6) is -0.175. The fourth-order valence-electron chi connectivity index (χ4n) is 2.86. The van der Waals surface area contributed by atoms with E-state index in [2.05, 4.69) is 5.10 Å². The number of ether oxygens (including phenoxy) is 1. The molecule has 1 aromatic heterocycles. The average molecular weight is 454 g/mol. The Morgan fingerprint density at radius 3 is 2.52 bits per heavy atom. The predicted octanol–water partition coefficient (Wildman–Crippen LogP) is 5.80. The SMILES string of the molecule is Cc1cc(CCC(=O)O)nn1Cc1cc(Cl)ccc1OCc1ccc(Cl)cc1Cl. The summed E-state index contributed by atoms with van der Waals surface area (Å²) in [6.07, 6.45) is 0.432. The van der Waals surface area contributed by atoms with E-state index in [-0.39, 0.29) is 13.0 Å². The lowest BCUT2D eigenvalue weighted by atomic mass is 10.2. The number of benzene rings is 2. The van der Waals surface area contributed by atoms with Crippen LogP contribution in [0.5, 0.6) is 5.75 Å². The Labute approximate surface area is 183 Å². The summed E-state index contributed by atoms with van der Waals surface area (Å²) < 4.78 is 7.80. The Hall–Kier alpha value is -2.21. The summed E-state index contributed by atoms with van der Waals surface area (Å²) in [6, 6.07) is 12.6. The Bertz CT molecular complexity index is 1030. The molecule has 1 heterocycles. The van der Waals surface area contributed by atoms with Crippen molar-refractivity contribution in [2.24, 2.45) is 0 Å². The first-order chi connectivity index (χ1) is 13.8. The third-order valence-electron chi connectivity index (χ3n) is 4.37. The van der Waals surface area contributed by atoms with Gasteiger partial charge < -0.3 is 9.84 Å². The molecule has 0 aliphatic rings. The van der Waals surface area contributed by atoms with Crippen LogP contribution >= 0.6 is 34.8 Å². The summed E-state index contributed by atoms with van der Waals surface area (Å²) in [6.45, 7) is 2.66. The summed E-state index contributed by atoms with van der Waals surface area (Å²) in [5, 5.41) is 15.1. The predicted molar refractivity (Wildman–Crippen MR) is 114 cm³/mol.